The average Bonchev–Trinajstić information content (AvgIpc) is 2.81. The predicted molar refractivity (Wildman–Crippen MR) is 127 cm³/mol. The minimum absolute atomic E-state index is 0.133. The first-order valence-corrected chi connectivity index (χ1v) is 11.9. The Labute approximate surface area is 196 Å². The van der Waals surface area contributed by atoms with Gasteiger partial charge in [-0.15, -0.1) is 0 Å². The third-order valence-corrected chi connectivity index (χ3v) is 6.44. The van der Waals surface area contributed by atoms with Crippen molar-refractivity contribution in [2.24, 2.45) is 0 Å². The number of nitrogens with zero attached hydrogens (tertiary/aromatic N) is 1. The molecule has 0 aromatic heterocycles. The highest BCUT2D eigenvalue weighted by Crippen LogP contribution is 2.20. The lowest BCUT2D eigenvalue weighted by Gasteiger charge is -2.32. The normalized spacial score (nSPS) is 15.0. The molecule has 2 aromatic carbocycles. The topological polar surface area (TPSA) is 58.6 Å². The number of aryl methyl sites for hydroxylation is 2. The van der Waals surface area contributed by atoms with Crippen LogP contribution in [0.4, 0.5) is 4.39 Å². The summed E-state index contributed by atoms with van der Waals surface area (Å²) in [4.78, 5) is 28.0. The summed E-state index contributed by atoms with van der Waals surface area (Å²) in [5.41, 5.74) is 3.00. The number of benzene rings is 2. The number of hydrogen-bond acceptors (Lipinski definition) is 3. The molecule has 0 bridgehead atoms. The predicted octanol–water partition coefficient (Wildman–Crippen LogP) is 5.08. The van der Waals surface area contributed by atoms with Gasteiger partial charge in [-0.25, -0.2) is 4.39 Å². The van der Waals surface area contributed by atoms with Crippen molar-refractivity contribution in [3.8, 4) is 5.75 Å². The van der Waals surface area contributed by atoms with Gasteiger partial charge in [0.1, 0.15) is 17.6 Å². The van der Waals surface area contributed by atoms with Gasteiger partial charge in [-0.05, 0) is 74.1 Å². The number of hydrogen-bond donors (Lipinski definition) is 1. The Bertz CT molecular complexity index is 939. The Morgan fingerprint density at radius 3 is 2.39 bits per heavy atom. The van der Waals surface area contributed by atoms with Crippen LogP contribution in [-0.4, -0.2) is 35.4 Å². The highest BCUT2D eigenvalue weighted by molar-refractivity contribution is 5.88. The summed E-state index contributed by atoms with van der Waals surface area (Å²) in [7, 11) is 0. The van der Waals surface area contributed by atoms with Gasteiger partial charge < -0.3 is 15.0 Å². The van der Waals surface area contributed by atoms with Crippen LogP contribution in [0.5, 0.6) is 5.75 Å². The summed E-state index contributed by atoms with van der Waals surface area (Å²) >= 11 is 0. The van der Waals surface area contributed by atoms with E-state index < -0.39 is 6.04 Å². The molecular weight excluding hydrogens is 419 g/mol. The molecule has 6 heteroatoms. The van der Waals surface area contributed by atoms with Crippen LogP contribution in [0.3, 0.4) is 0 Å². The second-order valence-electron chi connectivity index (χ2n) is 8.95. The summed E-state index contributed by atoms with van der Waals surface area (Å²) in [6.07, 6.45) is 5.87. The number of carbonyl (C=O) groups excluding carboxylic acids is 2. The van der Waals surface area contributed by atoms with Crippen molar-refractivity contribution in [1.82, 2.24) is 10.2 Å². The van der Waals surface area contributed by atoms with Crippen molar-refractivity contribution in [1.29, 1.82) is 0 Å². The molecule has 33 heavy (non-hydrogen) atoms. The van der Waals surface area contributed by atoms with Crippen molar-refractivity contribution in [3.63, 3.8) is 0 Å². The van der Waals surface area contributed by atoms with Crippen LogP contribution < -0.4 is 10.1 Å². The van der Waals surface area contributed by atoms with Crippen LogP contribution in [-0.2, 0) is 16.1 Å². The summed E-state index contributed by atoms with van der Waals surface area (Å²) in [6, 6.07) is 11.3. The molecule has 1 aliphatic carbocycles. The van der Waals surface area contributed by atoms with Crippen LogP contribution in [0.25, 0.3) is 0 Å². The third kappa shape index (κ3) is 7.04. The van der Waals surface area contributed by atoms with Gasteiger partial charge in [-0.3, -0.25) is 9.59 Å². The zero-order chi connectivity index (χ0) is 23.8. The van der Waals surface area contributed by atoms with Gasteiger partial charge in [0.2, 0.25) is 5.91 Å². The molecule has 1 unspecified atom stereocenters. The van der Waals surface area contributed by atoms with Gasteiger partial charge in [0, 0.05) is 12.6 Å². The lowest BCUT2D eigenvalue weighted by molar-refractivity contribution is -0.143. The first kappa shape index (κ1) is 24.7. The van der Waals surface area contributed by atoms with Gasteiger partial charge in [-0.1, -0.05) is 44.4 Å². The van der Waals surface area contributed by atoms with E-state index in [4.69, 9.17) is 4.74 Å². The molecule has 2 aromatic rings. The number of nitrogens with one attached hydrogen (secondary N) is 1. The fourth-order valence-corrected chi connectivity index (χ4v) is 4.28. The van der Waals surface area contributed by atoms with Crippen molar-refractivity contribution in [3.05, 3.63) is 65.0 Å². The molecule has 1 atom stereocenters. The minimum atomic E-state index is -0.618. The van der Waals surface area contributed by atoms with Crippen molar-refractivity contribution < 1.29 is 18.7 Å². The molecule has 178 valence electrons. The number of carbonyl (C=O) groups is 2. The number of amides is 2. The van der Waals surface area contributed by atoms with Crippen LogP contribution in [0.15, 0.2) is 42.5 Å². The fraction of sp³-hybridized carbons (Fsp3) is 0.481. The first-order valence-electron chi connectivity index (χ1n) is 11.9. The maximum atomic E-state index is 13.4. The minimum Gasteiger partial charge on any atom is -0.484 e. The van der Waals surface area contributed by atoms with Crippen molar-refractivity contribution >= 4 is 11.8 Å². The van der Waals surface area contributed by atoms with E-state index in [-0.39, 0.29) is 36.8 Å². The van der Waals surface area contributed by atoms with Crippen molar-refractivity contribution in [2.45, 2.75) is 77.9 Å². The Kier molecular flexibility index (Phi) is 8.87. The smallest absolute Gasteiger partial charge is 0.261 e. The molecule has 0 saturated heterocycles. The van der Waals surface area contributed by atoms with E-state index in [0.29, 0.717) is 12.2 Å². The summed E-state index contributed by atoms with van der Waals surface area (Å²) in [5, 5.41) is 3.15. The Balaban J connectivity index is 1.75. The van der Waals surface area contributed by atoms with E-state index in [0.717, 1.165) is 42.4 Å². The van der Waals surface area contributed by atoms with E-state index in [9.17, 15) is 14.0 Å². The third-order valence-electron chi connectivity index (χ3n) is 6.44. The van der Waals surface area contributed by atoms with E-state index >= 15 is 0 Å². The standard InChI is InChI=1S/C27H35FN2O3/c1-4-25(27(32)29-23-8-6-5-7-9-23)30(17-21-11-13-22(28)14-12-21)26(31)18-33-24-15-10-19(2)20(3)16-24/h10-16,23,25H,4-9,17-18H2,1-3H3,(H,29,32). The van der Waals surface area contributed by atoms with Gasteiger partial charge in [0.15, 0.2) is 6.61 Å². The average molecular weight is 455 g/mol. The van der Waals surface area contributed by atoms with E-state index in [2.05, 4.69) is 5.32 Å². The first-order chi connectivity index (χ1) is 15.9. The van der Waals surface area contributed by atoms with Gasteiger partial charge in [0.05, 0.1) is 0 Å². The Hall–Kier alpha value is -2.89. The van der Waals surface area contributed by atoms with Gasteiger partial charge in [-0.2, -0.15) is 0 Å². The second kappa shape index (κ2) is 11.8. The lowest BCUT2D eigenvalue weighted by Crippen LogP contribution is -2.52. The molecule has 1 aliphatic rings. The largest absolute Gasteiger partial charge is 0.484 e. The van der Waals surface area contributed by atoms with Crippen molar-refractivity contribution in [2.75, 3.05) is 6.61 Å². The quantitative estimate of drug-likeness (QED) is 0.575. The molecule has 5 nitrogen and oxygen atoms in total. The van der Waals surface area contributed by atoms with E-state index in [1.165, 1.54) is 18.6 Å². The number of ether oxygens (including phenoxy) is 1. The molecule has 3 rings (SSSR count). The van der Waals surface area contributed by atoms with Gasteiger partial charge >= 0.3 is 0 Å². The Morgan fingerprint density at radius 1 is 1.06 bits per heavy atom. The fourth-order valence-electron chi connectivity index (χ4n) is 4.28. The monoisotopic (exact) mass is 454 g/mol. The Morgan fingerprint density at radius 2 is 1.76 bits per heavy atom. The molecule has 0 heterocycles. The molecule has 0 radical (unpaired) electrons. The van der Waals surface area contributed by atoms with E-state index in [1.807, 2.05) is 39.0 Å². The number of halogens is 1. The molecule has 1 N–H and O–H groups in total. The zero-order valence-electron chi connectivity index (χ0n) is 19.9. The zero-order valence-corrected chi connectivity index (χ0v) is 19.9. The highest BCUT2D eigenvalue weighted by Gasteiger charge is 2.30. The highest BCUT2D eigenvalue weighted by atomic mass is 19.1. The molecule has 1 fully saturated rings. The van der Waals surface area contributed by atoms with Crippen LogP contribution >= 0.6 is 0 Å². The SMILES string of the molecule is CCC(C(=O)NC1CCCCC1)N(Cc1ccc(F)cc1)C(=O)COc1ccc(C)c(C)c1. The van der Waals surface area contributed by atoms with E-state index in [1.54, 1.807) is 17.0 Å². The maximum absolute atomic E-state index is 13.4. The molecular formula is C27H35FN2O3. The molecule has 0 spiro atoms. The summed E-state index contributed by atoms with van der Waals surface area (Å²) < 4.78 is 19.2. The molecule has 0 aliphatic heterocycles. The van der Waals surface area contributed by atoms with Crippen LogP contribution in [0.2, 0.25) is 0 Å². The van der Waals surface area contributed by atoms with Crippen LogP contribution in [0, 0.1) is 19.7 Å². The lowest BCUT2D eigenvalue weighted by atomic mass is 9.95. The second-order valence-corrected chi connectivity index (χ2v) is 8.95. The molecule has 2 amide bonds. The number of rotatable bonds is 9. The maximum Gasteiger partial charge on any atom is 0.261 e. The summed E-state index contributed by atoms with van der Waals surface area (Å²) in [6.45, 7) is 5.96. The van der Waals surface area contributed by atoms with Crippen LogP contribution in [0.1, 0.15) is 62.1 Å². The molecule has 1 saturated carbocycles. The summed E-state index contributed by atoms with van der Waals surface area (Å²) in [5.74, 6) is -0.126. The van der Waals surface area contributed by atoms with Gasteiger partial charge in [0.25, 0.3) is 5.91 Å².